The Morgan fingerprint density at radius 2 is 2.19 bits per heavy atom. The molecule has 0 radical (unpaired) electrons. The monoisotopic (exact) mass is 303 g/mol. The number of pyridine rings is 1. The summed E-state index contributed by atoms with van der Waals surface area (Å²) in [4.78, 5) is 4.57. The Hall–Kier alpha value is -1.86. The predicted molar refractivity (Wildman–Crippen MR) is 81.0 cm³/mol. The minimum atomic E-state index is -0.0814. The van der Waals surface area contributed by atoms with Gasteiger partial charge in [-0.05, 0) is 18.6 Å². The number of hydrogen-bond donors (Lipinski definition) is 1. The van der Waals surface area contributed by atoms with E-state index in [4.69, 9.17) is 0 Å². The topological polar surface area (TPSA) is 68.2 Å². The lowest BCUT2D eigenvalue weighted by Gasteiger charge is -2.06. The van der Waals surface area contributed by atoms with Gasteiger partial charge in [0.05, 0.1) is 5.69 Å². The van der Waals surface area contributed by atoms with Crippen molar-refractivity contribution in [3.05, 3.63) is 42.1 Å². The van der Waals surface area contributed by atoms with Gasteiger partial charge in [-0.15, -0.1) is 10.2 Å². The van der Waals surface area contributed by atoms with Gasteiger partial charge in [0.2, 0.25) is 0 Å². The highest BCUT2D eigenvalue weighted by atomic mass is 32.2. The number of rotatable bonds is 6. The highest BCUT2D eigenvalue weighted by molar-refractivity contribution is 7.98. The first-order valence-electron chi connectivity index (χ1n) is 6.90. The molecule has 0 amide bonds. The minimum absolute atomic E-state index is 0.0814. The van der Waals surface area contributed by atoms with E-state index in [1.807, 2.05) is 39.6 Å². The second kappa shape index (κ2) is 6.28. The fourth-order valence-corrected chi connectivity index (χ4v) is 3.05. The lowest BCUT2D eigenvalue weighted by Crippen LogP contribution is -2.04. The molecule has 0 aliphatic heterocycles. The molecule has 0 saturated carbocycles. The van der Waals surface area contributed by atoms with Crippen LogP contribution in [0, 0.1) is 0 Å². The highest BCUT2D eigenvalue weighted by Gasteiger charge is 2.12. The zero-order valence-corrected chi connectivity index (χ0v) is 12.6. The number of aromatic nitrogens is 5. The number of aliphatic hydroxyl groups excluding tert-OH is 1. The SMILES string of the molecule is CCCn1c(CO)nnc1SCc1cn2ccccc2n1. The van der Waals surface area contributed by atoms with Crippen LogP contribution in [0.15, 0.2) is 35.7 Å². The van der Waals surface area contributed by atoms with Gasteiger partial charge in [-0.3, -0.25) is 0 Å². The first kappa shape index (κ1) is 14.1. The average molecular weight is 303 g/mol. The summed E-state index contributed by atoms with van der Waals surface area (Å²) in [6.07, 6.45) is 4.99. The van der Waals surface area contributed by atoms with E-state index in [0.717, 1.165) is 35.2 Å². The van der Waals surface area contributed by atoms with Crippen molar-refractivity contribution >= 4 is 17.4 Å². The molecule has 7 heteroatoms. The molecule has 0 fully saturated rings. The Balaban J connectivity index is 1.76. The van der Waals surface area contributed by atoms with Crippen LogP contribution in [0.4, 0.5) is 0 Å². The third-order valence-electron chi connectivity index (χ3n) is 3.15. The fraction of sp³-hybridized carbons (Fsp3) is 0.357. The van der Waals surface area contributed by atoms with Crippen molar-refractivity contribution in [1.29, 1.82) is 0 Å². The molecular formula is C14H17N5OS. The number of fused-ring (bicyclic) bond motifs is 1. The van der Waals surface area contributed by atoms with Crippen LogP contribution in [0.2, 0.25) is 0 Å². The maximum absolute atomic E-state index is 9.29. The summed E-state index contributed by atoms with van der Waals surface area (Å²) in [5.41, 5.74) is 1.95. The van der Waals surface area contributed by atoms with Crippen molar-refractivity contribution in [2.24, 2.45) is 0 Å². The summed E-state index contributed by atoms with van der Waals surface area (Å²) in [5, 5.41) is 18.3. The van der Waals surface area contributed by atoms with Crippen molar-refractivity contribution in [3.8, 4) is 0 Å². The summed E-state index contributed by atoms with van der Waals surface area (Å²) in [7, 11) is 0. The standard InChI is InChI=1S/C14H17N5OS/c1-2-6-19-13(9-20)16-17-14(19)21-10-11-8-18-7-4-3-5-12(18)15-11/h3-5,7-8,20H,2,6,9-10H2,1H3. The Kier molecular flexibility index (Phi) is 4.21. The third kappa shape index (κ3) is 2.93. The van der Waals surface area contributed by atoms with Crippen molar-refractivity contribution < 1.29 is 5.11 Å². The molecule has 0 spiro atoms. The molecule has 110 valence electrons. The number of aliphatic hydroxyl groups is 1. The second-order valence-corrected chi connectivity index (χ2v) is 5.64. The van der Waals surface area contributed by atoms with E-state index in [0.29, 0.717) is 5.82 Å². The van der Waals surface area contributed by atoms with Gasteiger partial charge in [0, 0.05) is 24.7 Å². The maximum Gasteiger partial charge on any atom is 0.191 e. The van der Waals surface area contributed by atoms with Crippen LogP contribution in [-0.4, -0.2) is 29.3 Å². The largest absolute Gasteiger partial charge is 0.388 e. The molecular weight excluding hydrogens is 286 g/mol. The number of hydrogen-bond acceptors (Lipinski definition) is 5. The molecule has 3 aromatic heterocycles. The number of imidazole rings is 1. The van der Waals surface area contributed by atoms with Crippen molar-refractivity contribution in [1.82, 2.24) is 24.1 Å². The molecule has 21 heavy (non-hydrogen) atoms. The van der Waals surface area contributed by atoms with Crippen molar-refractivity contribution in [2.75, 3.05) is 0 Å². The Labute approximate surface area is 126 Å². The second-order valence-electron chi connectivity index (χ2n) is 4.70. The Morgan fingerprint density at radius 1 is 1.29 bits per heavy atom. The molecule has 6 nitrogen and oxygen atoms in total. The minimum Gasteiger partial charge on any atom is -0.388 e. The zero-order valence-electron chi connectivity index (χ0n) is 11.8. The van der Waals surface area contributed by atoms with Crippen LogP contribution in [-0.2, 0) is 18.9 Å². The van der Waals surface area contributed by atoms with Gasteiger partial charge < -0.3 is 14.1 Å². The van der Waals surface area contributed by atoms with E-state index in [-0.39, 0.29) is 6.61 Å². The van der Waals surface area contributed by atoms with Gasteiger partial charge >= 0.3 is 0 Å². The summed E-state index contributed by atoms with van der Waals surface area (Å²) in [6.45, 7) is 2.83. The summed E-state index contributed by atoms with van der Waals surface area (Å²) in [5.74, 6) is 1.35. The van der Waals surface area contributed by atoms with Gasteiger partial charge in [-0.2, -0.15) is 0 Å². The van der Waals surface area contributed by atoms with E-state index in [1.165, 1.54) is 0 Å². The van der Waals surface area contributed by atoms with E-state index in [1.54, 1.807) is 11.8 Å². The predicted octanol–water partition coefficient (Wildman–Crippen LogP) is 2.12. The maximum atomic E-state index is 9.29. The van der Waals surface area contributed by atoms with Crippen LogP contribution >= 0.6 is 11.8 Å². The van der Waals surface area contributed by atoms with E-state index >= 15 is 0 Å². The lowest BCUT2D eigenvalue weighted by atomic mass is 10.4. The van der Waals surface area contributed by atoms with Crippen LogP contribution in [0.5, 0.6) is 0 Å². The van der Waals surface area contributed by atoms with E-state index in [2.05, 4.69) is 22.1 Å². The molecule has 0 saturated heterocycles. The van der Waals surface area contributed by atoms with Crippen LogP contribution < -0.4 is 0 Å². The highest BCUT2D eigenvalue weighted by Crippen LogP contribution is 2.22. The first-order valence-corrected chi connectivity index (χ1v) is 7.88. The third-order valence-corrected chi connectivity index (χ3v) is 4.15. The molecule has 1 N–H and O–H groups in total. The first-order chi connectivity index (χ1) is 10.3. The molecule has 0 aliphatic carbocycles. The fourth-order valence-electron chi connectivity index (χ4n) is 2.19. The molecule has 0 aliphatic rings. The average Bonchev–Trinajstić information content (AvgIpc) is 3.08. The van der Waals surface area contributed by atoms with Crippen LogP contribution in [0.25, 0.3) is 5.65 Å². The molecule has 0 bridgehead atoms. The zero-order chi connectivity index (χ0) is 14.7. The number of nitrogens with zero attached hydrogens (tertiary/aromatic N) is 5. The molecule has 3 rings (SSSR count). The van der Waals surface area contributed by atoms with Gasteiger partial charge in [-0.1, -0.05) is 24.8 Å². The molecule has 0 unspecified atom stereocenters. The van der Waals surface area contributed by atoms with Gasteiger partial charge in [-0.25, -0.2) is 4.98 Å². The normalized spacial score (nSPS) is 11.3. The van der Waals surface area contributed by atoms with Crippen molar-refractivity contribution in [2.45, 2.75) is 37.4 Å². The summed E-state index contributed by atoms with van der Waals surface area (Å²) >= 11 is 1.59. The molecule has 3 aromatic rings. The number of thioether (sulfide) groups is 1. The smallest absolute Gasteiger partial charge is 0.191 e. The van der Waals surface area contributed by atoms with Crippen molar-refractivity contribution in [3.63, 3.8) is 0 Å². The van der Waals surface area contributed by atoms with E-state index in [9.17, 15) is 5.11 Å². The van der Waals surface area contributed by atoms with Crippen LogP contribution in [0.3, 0.4) is 0 Å². The molecule has 0 atom stereocenters. The lowest BCUT2D eigenvalue weighted by molar-refractivity contribution is 0.263. The quantitative estimate of drug-likeness (QED) is 0.706. The Morgan fingerprint density at radius 3 is 2.95 bits per heavy atom. The van der Waals surface area contributed by atoms with Crippen LogP contribution in [0.1, 0.15) is 24.9 Å². The molecule has 0 aromatic carbocycles. The Bertz CT molecular complexity index is 703. The molecule has 3 heterocycles. The van der Waals surface area contributed by atoms with Gasteiger partial charge in [0.15, 0.2) is 11.0 Å². The van der Waals surface area contributed by atoms with Gasteiger partial charge in [0.25, 0.3) is 0 Å². The summed E-state index contributed by atoms with van der Waals surface area (Å²) < 4.78 is 3.98. The van der Waals surface area contributed by atoms with E-state index < -0.39 is 0 Å². The van der Waals surface area contributed by atoms with Gasteiger partial charge in [0.1, 0.15) is 12.3 Å². The summed E-state index contributed by atoms with van der Waals surface area (Å²) in [6, 6.07) is 5.94.